The third-order valence-corrected chi connectivity index (χ3v) is 3.28. The monoisotopic (exact) mass is 315 g/mol. The Kier molecular flexibility index (Phi) is 4.30. The Labute approximate surface area is 124 Å². The Morgan fingerprint density at radius 2 is 1.89 bits per heavy atom. The second-order valence-corrected chi connectivity index (χ2v) is 5.12. The fraction of sp³-hybridized carbons (Fsp3) is 0.0769. The molecule has 2 aromatic rings. The van der Waals surface area contributed by atoms with Gasteiger partial charge in [-0.15, -0.1) is 0 Å². The van der Waals surface area contributed by atoms with E-state index in [9.17, 15) is 4.79 Å². The van der Waals surface area contributed by atoms with Gasteiger partial charge in [0.2, 0.25) is 0 Å². The number of carboxylic acid groups (broad SMARTS) is 1. The highest BCUT2D eigenvalue weighted by Crippen LogP contribution is 2.33. The third kappa shape index (κ3) is 3.38. The summed E-state index contributed by atoms with van der Waals surface area (Å²) in [6.07, 6.45) is 1.35. The van der Waals surface area contributed by atoms with Crippen molar-refractivity contribution in [3.05, 3.63) is 51.1 Å². The van der Waals surface area contributed by atoms with Crippen LogP contribution in [0.4, 0.5) is 0 Å². The van der Waals surface area contributed by atoms with E-state index in [2.05, 4.69) is 4.98 Å². The molecule has 1 aromatic heterocycles. The zero-order valence-corrected chi connectivity index (χ0v) is 11.8. The smallest absolute Gasteiger partial charge is 0.307 e. The summed E-state index contributed by atoms with van der Waals surface area (Å²) in [5, 5.41) is 10.0. The predicted molar refractivity (Wildman–Crippen MR) is 76.0 cm³/mol. The molecule has 0 saturated heterocycles. The largest absolute Gasteiger partial charge is 0.481 e. The first-order valence-corrected chi connectivity index (χ1v) is 6.42. The maximum Gasteiger partial charge on any atom is 0.307 e. The number of carbonyl (C=O) groups is 1. The van der Waals surface area contributed by atoms with Crippen LogP contribution in [-0.4, -0.2) is 16.1 Å². The van der Waals surface area contributed by atoms with E-state index in [0.717, 1.165) is 0 Å². The summed E-state index contributed by atoms with van der Waals surface area (Å²) in [7, 11) is 0. The van der Waals surface area contributed by atoms with Gasteiger partial charge < -0.3 is 5.11 Å². The lowest BCUT2D eigenvalue weighted by atomic mass is 10.1. The van der Waals surface area contributed by atoms with Gasteiger partial charge in [-0.3, -0.25) is 9.78 Å². The summed E-state index contributed by atoms with van der Waals surface area (Å²) >= 11 is 18.0. The van der Waals surface area contributed by atoms with Crippen LogP contribution in [0.1, 0.15) is 5.56 Å². The van der Waals surface area contributed by atoms with Gasteiger partial charge in [0.15, 0.2) is 0 Å². The molecule has 1 aromatic carbocycles. The minimum atomic E-state index is -0.935. The van der Waals surface area contributed by atoms with E-state index in [1.54, 1.807) is 24.3 Å². The molecule has 0 radical (unpaired) electrons. The van der Waals surface area contributed by atoms with Gasteiger partial charge in [-0.05, 0) is 29.8 Å². The van der Waals surface area contributed by atoms with Crippen molar-refractivity contribution in [2.75, 3.05) is 0 Å². The highest BCUT2D eigenvalue weighted by Gasteiger charge is 2.11. The lowest BCUT2D eigenvalue weighted by molar-refractivity contribution is -0.136. The summed E-state index contributed by atoms with van der Waals surface area (Å²) in [6.45, 7) is 0. The molecule has 3 nitrogen and oxygen atoms in total. The molecule has 0 spiro atoms. The maximum atomic E-state index is 10.6. The molecule has 1 heterocycles. The SMILES string of the molecule is O=C(O)Cc1cnc(-c2ccc(Cl)cc2Cl)c(Cl)c1. The average molecular weight is 317 g/mol. The molecule has 0 aliphatic carbocycles. The van der Waals surface area contributed by atoms with Gasteiger partial charge in [0.05, 0.1) is 22.2 Å². The van der Waals surface area contributed by atoms with E-state index in [0.29, 0.717) is 31.9 Å². The molecule has 0 amide bonds. The Bertz CT molecular complexity index is 644. The first kappa shape index (κ1) is 14.1. The zero-order valence-electron chi connectivity index (χ0n) is 9.53. The van der Waals surface area contributed by atoms with Crippen molar-refractivity contribution in [2.24, 2.45) is 0 Å². The Balaban J connectivity index is 2.43. The number of carboxylic acids is 1. The van der Waals surface area contributed by atoms with Gasteiger partial charge in [-0.25, -0.2) is 0 Å². The predicted octanol–water partition coefficient (Wildman–Crippen LogP) is 4.34. The summed E-state index contributed by atoms with van der Waals surface area (Å²) in [4.78, 5) is 14.8. The molecular formula is C13H8Cl3NO2. The number of nitrogens with zero attached hydrogens (tertiary/aromatic N) is 1. The molecule has 0 atom stereocenters. The van der Waals surface area contributed by atoms with Crippen molar-refractivity contribution in [3.63, 3.8) is 0 Å². The van der Waals surface area contributed by atoms with E-state index >= 15 is 0 Å². The van der Waals surface area contributed by atoms with Gasteiger partial charge in [0, 0.05) is 16.8 Å². The molecule has 0 unspecified atom stereocenters. The first-order chi connectivity index (χ1) is 8.97. The van der Waals surface area contributed by atoms with Crippen molar-refractivity contribution in [2.45, 2.75) is 6.42 Å². The van der Waals surface area contributed by atoms with Crippen molar-refractivity contribution in [3.8, 4) is 11.3 Å². The Morgan fingerprint density at radius 3 is 2.47 bits per heavy atom. The van der Waals surface area contributed by atoms with E-state index in [1.807, 2.05) is 0 Å². The zero-order chi connectivity index (χ0) is 14.0. The van der Waals surface area contributed by atoms with Crippen LogP contribution in [0.3, 0.4) is 0 Å². The highest BCUT2D eigenvalue weighted by atomic mass is 35.5. The molecular weight excluding hydrogens is 309 g/mol. The molecule has 6 heteroatoms. The first-order valence-electron chi connectivity index (χ1n) is 5.29. The second kappa shape index (κ2) is 5.78. The third-order valence-electron chi connectivity index (χ3n) is 2.44. The van der Waals surface area contributed by atoms with Gasteiger partial charge in [-0.1, -0.05) is 34.8 Å². The lowest BCUT2D eigenvalue weighted by Gasteiger charge is -2.07. The minimum absolute atomic E-state index is 0.124. The molecule has 0 aliphatic heterocycles. The number of aliphatic carboxylic acids is 1. The Morgan fingerprint density at radius 1 is 1.16 bits per heavy atom. The van der Waals surface area contributed by atoms with Gasteiger partial charge >= 0.3 is 5.97 Å². The molecule has 0 bridgehead atoms. The number of hydrogen-bond donors (Lipinski definition) is 1. The number of aromatic nitrogens is 1. The fourth-order valence-electron chi connectivity index (χ4n) is 1.63. The topological polar surface area (TPSA) is 50.2 Å². The van der Waals surface area contributed by atoms with Crippen LogP contribution in [-0.2, 0) is 11.2 Å². The van der Waals surface area contributed by atoms with Gasteiger partial charge in [-0.2, -0.15) is 0 Å². The number of pyridine rings is 1. The van der Waals surface area contributed by atoms with Crippen LogP contribution >= 0.6 is 34.8 Å². The molecule has 1 N–H and O–H groups in total. The van der Waals surface area contributed by atoms with Crippen molar-refractivity contribution >= 4 is 40.8 Å². The van der Waals surface area contributed by atoms with Crippen molar-refractivity contribution in [1.29, 1.82) is 0 Å². The van der Waals surface area contributed by atoms with Gasteiger partial charge in [0.25, 0.3) is 0 Å². The summed E-state index contributed by atoms with van der Waals surface area (Å²) in [5.74, 6) is -0.935. The normalized spacial score (nSPS) is 10.5. The van der Waals surface area contributed by atoms with Crippen LogP contribution in [0.2, 0.25) is 15.1 Å². The molecule has 0 fully saturated rings. The van der Waals surface area contributed by atoms with E-state index < -0.39 is 5.97 Å². The summed E-state index contributed by atoms with van der Waals surface area (Å²) < 4.78 is 0. The molecule has 98 valence electrons. The van der Waals surface area contributed by atoms with Crippen LogP contribution in [0.5, 0.6) is 0 Å². The lowest BCUT2D eigenvalue weighted by Crippen LogP contribution is -2.01. The Hall–Kier alpha value is -1.29. The molecule has 2 rings (SSSR count). The maximum absolute atomic E-state index is 10.6. The van der Waals surface area contributed by atoms with E-state index in [4.69, 9.17) is 39.9 Å². The number of halogens is 3. The quantitative estimate of drug-likeness (QED) is 0.916. The fourth-order valence-corrected chi connectivity index (χ4v) is 2.42. The molecule has 19 heavy (non-hydrogen) atoms. The number of benzene rings is 1. The average Bonchev–Trinajstić information content (AvgIpc) is 2.30. The van der Waals surface area contributed by atoms with Crippen molar-refractivity contribution < 1.29 is 9.90 Å². The summed E-state index contributed by atoms with van der Waals surface area (Å²) in [5.41, 5.74) is 1.68. The van der Waals surface area contributed by atoms with Crippen LogP contribution in [0.25, 0.3) is 11.3 Å². The summed E-state index contributed by atoms with van der Waals surface area (Å²) in [6, 6.07) is 6.58. The van der Waals surface area contributed by atoms with Crippen LogP contribution in [0, 0.1) is 0 Å². The minimum Gasteiger partial charge on any atom is -0.481 e. The van der Waals surface area contributed by atoms with E-state index in [-0.39, 0.29) is 6.42 Å². The number of rotatable bonds is 3. The van der Waals surface area contributed by atoms with E-state index in [1.165, 1.54) is 6.20 Å². The van der Waals surface area contributed by atoms with Crippen molar-refractivity contribution in [1.82, 2.24) is 4.98 Å². The van der Waals surface area contributed by atoms with Gasteiger partial charge in [0.1, 0.15) is 0 Å². The van der Waals surface area contributed by atoms with Crippen LogP contribution in [0.15, 0.2) is 30.5 Å². The standard InChI is InChI=1S/C13H8Cl3NO2/c14-8-1-2-9(10(15)5-8)13-11(16)3-7(6-17-13)4-12(18)19/h1-3,5-6H,4H2,(H,18,19). The number of hydrogen-bond acceptors (Lipinski definition) is 2. The van der Waals surface area contributed by atoms with Crippen LogP contribution < -0.4 is 0 Å². The highest BCUT2D eigenvalue weighted by molar-refractivity contribution is 6.38. The second-order valence-electron chi connectivity index (χ2n) is 3.87. The molecule has 0 aliphatic rings. The molecule has 0 saturated carbocycles.